The lowest BCUT2D eigenvalue weighted by molar-refractivity contribution is -0.123. The number of benzene rings is 1. The van der Waals surface area contributed by atoms with Gasteiger partial charge in [0.1, 0.15) is 6.04 Å². The zero-order valence-corrected chi connectivity index (χ0v) is 10.8. The average molecular weight is 255 g/mol. The quantitative estimate of drug-likeness (QED) is 0.877. The molecule has 0 saturated carbocycles. The van der Waals surface area contributed by atoms with E-state index in [0.29, 0.717) is 0 Å². The van der Waals surface area contributed by atoms with E-state index in [-0.39, 0.29) is 11.9 Å². The molecule has 1 aromatic heterocycles. The van der Waals surface area contributed by atoms with Crippen molar-refractivity contribution in [1.82, 2.24) is 10.3 Å². The fourth-order valence-corrected chi connectivity index (χ4v) is 1.85. The summed E-state index contributed by atoms with van der Waals surface area (Å²) in [5.74, 6) is -0.185. The van der Waals surface area contributed by atoms with Crippen LogP contribution in [0.1, 0.15) is 30.1 Å². The molecule has 0 aliphatic rings. The van der Waals surface area contributed by atoms with Crippen LogP contribution in [0.4, 0.5) is 0 Å². The van der Waals surface area contributed by atoms with E-state index in [9.17, 15) is 4.79 Å². The van der Waals surface area contributed by atoms with Crippen molar-refractivity contribution >= 4 is 5.91 Å². The molecule has 0 fully saturated rings. The Hall–Kier alpha value is -2.20. The highest BCUT2D eigenvalue weighted by Crippen LogP contribution is 2.14. The van der Waals surface area contributed by atoms with E-state index in [0.717, 1.165) is 11.1 Å². The maximum absolute atomic E-state index is 12.1. The first-order chi connectivity index (χ1) is 9.18. The van der Waals surface area contributed by atoms with Gasteiger partial charge in [0.15, 0.2) is 0 Å². The van der Waals surface area contributed by atoms with Gasteiger partial charge in [-0.15, -0.1) is 0 Å². The minimum atomic E-state index is -0.648. The largest absolute Gasteiger partial charge is 0.348 e. The Morgan fingerprint density at radius 2 is 1.74 bits per heavy atom. The van der Waals surface area contributed by atoms with E-state index in [2.05, 4.69) is 10.3 Å². The van der Waals surface area contributed by atoms with Crippen LogP contribution in [-0.4, -0.2) is 10.9 Å². The van der Waals surface area contributed by atoms with Gasteiger partial charge in [0.2, 0.25) is 5.91 Å². The molecule has 3 N–H and O–H groups in total. The number of carbonyl (C=O) groups excluding carboxylic acids is 1. The predicted octanol–water partition coefficient (Wildman–Crippen LogP) is 1.96. The SMILES string of the molecule is C[C@H](NC(=O)[C@H](N)c1ccccc1)c1ccncc1. The number of nitrogens with one attached hydrogen (secondary N) is 1. The fourth-order valence-electron chi connectivity index (χ4n) is 1.85. The number of nitrogens with zero attached hydrogens (tertiary/aromatic N) is 1. The van der Waals surface area contributed by atoms with E-state index in [4.69, 9.17) is 5.73 Å². The third kappa shape index (κ3) is 3.39. The topological polar surface area (TPSA) is 68.0 Å². The monoisotopic (exact) mass is 255 g/mol. The molecule has 0 radical (unpaired) electrons. The van der Waals surface area contributed by atoms with Crippen LogP contribution in [0, 0.1) is 0 Å². The van der Waals surface area contributed by atoms with Crippen molar-refractivity contribution < 1.29 is 4.79 Å². The summed E-state index contributed by atoms with van der Waals surface area (Å²) in [4.78, 5) is 16.0. The summed E-state index contributed by atoms with van der Waals surface area (Å²) in [5.41, 5.74) is 7.75. The van der Waals surface area contributed by atoms with Crippen LogP contribution in [0.5, 0.6) is 0 Å². The standard InChI is InChI=1S/C15H17N3O/c1-11(12-7-9-17-10-8-12)18-15(19)14(16)13-5-3-2-4-6-13/h2-11,14H,16H2,1H3,(H,18,19)/t11-,14+/m0/s1. The van der Waals surface area contributed by atoms with Crippen LogP contribution in [0.2, 0.25) is 0 Å². The molecular weight excluding hydrogens is 238 g/mol. The van der Waals surface area contributed by atoms with Crippen molar-refractivity contribution in [3.63, 3.8) is 0 Å². The minimum Gasteiger partial charge on any atom is -0.348 e. The molecule has 0 bridgehead atoms. The molecule has 2 aromatic rings. The smallest absolute Gasteiger partial charge is 0.241 e. The third-order valence-electron chi connectivity index (χ3n) is 3.01. The molecule has 19 heavy (non-hydrogen) atoms. The minimum absolute atomic E-state index is 0.0923. The van der Waals surface area contributed by atoms with Gasteiger partial charge < -0.3 is 11.1 Å². The van der Waals surface area contributed by atoms with Crippen molar-refractivity contribution in [1.29, 1.82) is 0 Å². The van der Waals surface area contributed by atoms with Crippen molar-refractivity contribution in [2.24, 2.45) is 5.73 Å². The molecule has 0 aliphatic heterocycles. The first-order valence-corrected chi connectivity index (χ1v) is 6.19. The van der Waals surface area contributed by atoms with E-state index in [1.165, 1.54) is 0 Å². The summed E-state index contributed by atoms with van der Waals surface area (Å²) in [6.07, 6.45) is 3.41. The highest BCUT2D eigenvalue weighted by Gasteiger charge is 2.17. The summed E-state index contributed by atoms with van der Waals surface area (Å²) in [6.45, 7) is 1.92. The summed E-state index contributed by atoms with van der Waals surface area (Å²) in [5, 5.41) is 2.90. The van der Waals surface area contributed by atoms with Gasteiger partial charge in [0.25, 0.3) is 0 Å². The molecule has 1 heterocycles. The molecule has 4 nitrogen and oxygen atoms in total. The molecule has 0 saturated heterocycles. The number of pyridine rings is 1. The molecule has 0 unspecified atom stereocenters. The molecule has 2 rings (SSSR count). The molecule has 98 valence electrons. The Morgan fingerprint density at radius 3 is 2.37 bits per heavy atom. The van der Waals surface area contributed by atoms with E-state index in [1.807, 2.05) is 49.4 Å². The summed E-state index contributed by atoms with van der Waals surface area (Å²) >= 11 is 0. The number of aromatic nitrogens is 1. The number of hydrogen-bond donors (Lipinski definition) is 2. The van der Waals surface area contributed by atoms with Crippen LogP contribution in [0.25, 0.3) is 0 Å². The lowest BCUT2D eigenvalue weighted by atomic mass is 10.1. The number of hydrogen-bond acceptors (Lipinski definition) is 3. The Morgan fingerprint density at radius 1 is 1.11 bits per heavy atom. The molecule has 4 heteroatoms. The van der Waals surface area contributed by atoms with Crippen LogP contribution < -0.4 is 11.1 Å². The molecular formula is C15H17N3O. The molecule has 1 amide bonds. The lowest BCUT2D eigenvalue weighted by Crippen LogP contribution is -2.35. The zero-order valence-electron chi connectivity index (χ0n) is 10.8. The lowest BCUT2D eigenvalue weighted by Gasteiger charge is -2.18. The molecule has 2 atom stereocenters. The molecule has 0 aliphatic carbocycles. The van der Waals surface area contributed by atoms with Crippen molar-refractivity contribution in [3.05, 3.63) is 66.0 Å². The maximum atomic E-state index is 12.1. The average Bonchev–Trinajstić information content (AvgIpc) is 2.48. The van der Waals surface area contributed by atoms with Gasteiger partial charge in [-0.3, -0.25) is 9.78 Å². The normalized spacial score (nSPS) is 13.6. The fraction of sp³-hybridized carbons (Fsp3) is 0.200. The highest BCUT2D eigenvalue weighted by molar-refractivity contribution is 5.83. The second-order valence-corrected chi connectivity index (χ2v) is 4.40. The van der Waals surface area contributed by atoms with Gasteiger partial charge in [0.05, 0.1) is 6.04 Å². The molecule has 1 aromatic carbocycles. The maximum Gasteiger partial charge on any atom is 0.241 e. The van der Waals surface area contributed by atoms with Crippen LogP contribution in [-0.2, 0) is 4.79 Å². The summed E-state index contributed by atoms with van der Waals surface area (Å²) in [7, 11) is 0. The van der Waals surface area contributed by atoms with Crippen molar-refractivity contribution in [2.45, 2.75) is 19.0 Å². The number of rotatable bonds is 4. The third-order valence-corrected chi connectivity index (χ3v) is 3.01. The van der Waals surface area contributed by atoms with Gasteiger partial charge in [-0.2, -0.15) is 0 Å². The van der Waals surface area contributed by atoms with Gasteiger partial charge in [-0.25, -0.2) is 0 Å². The number of nitrogens with two attached hydrogens (primary N) is 1. The van der Waals surface area contributed by atoms with Gasteiger partial charge in [-0.1, -0.05) is 30.3 Å². The number of amides is 1. The Labute approximate surface area is 112 Å². The van der Waals surface area contributed by atoms with E-state index in [1.54, 1.807) is 12.4 Å². The zero-order chi connectivity index (χ0) is 13.7. The Kier molecular flexibility index (Phi) is 4.26. The van der Waals surface area contributed by atoms with Crippen LogP contribution in [0.3, 0.4) is 0 Å². The van der Waals surface area contributed by atoms with Crippen molar-refractivity contribution in [3.8, 4) is 0 Å². The highest BCUT2D eigenvalue weighted by atomic mass is 16.2. The summed E-state index contributed by atoms with van der Waals surface area (Å²) < 4.78 is 0. The van der Waals surface area contributed by atoms with E-state index < -0.39 is 6.04 Å². The van der Waals surface area contributed by atoms with Crippen LogP contribution >= 0.6 is 0 Å². The van der Waals surface area contributed by atoms with Gasteiger partial charge in [0, 0.05) is 12.4 Å². The second kappa shape index (κ2) is 6.11. The second-order valence-electron chi connectivity index (χ2n) is 4.40. The first kappa shape index (κ1) is 13.2. The van der Waals surface area contributed by atoms with Gasteiger partial charge >= 0.3 is 0 Å². The Bertz CT molecular complexity index is 528. The summed E-state index contributed by atoms with van der Waals surface area (Å²) in [6, 6.07) is 12.3. The first-order valence-electron chi connectivity index (χ1n) is 6.19. The van der Waals surface area contributed by atoms with Crippen LogP contribution in [0.15, 0.2) is 54.9 Å². The van der Waals surface area contributed by atoms with Gasteiger partial charge in [-0.05, 0) is 30.2 Å². The number of carbonyl (C=O) groups is 1. The van der Waals surface area contributed by atoms with E-state index >= 15 is 0 Å². The molecule has 0 spiro atoms. The Balaban J connectivity index is 2.02. The van der Waals surface area contributed by atoms with Crippen molar-refractivity contribution in [2.75, 3.05) is 0 Å². The predicted molar refractivity (Wildman–Crippen MR) is 74.2 cm³/mol.